The SMILES string of the molecule is CC(C)C1CCCC(NCCN(C)C(=O)OC(C)(C)C)CC1. The van der Waals surface area contributed by atoms with Crippen LogP contribution >= 0.6 is 0 Å². The summed E-state index contributed by atoms with van der Waals surface area (Å²) in [7, 11) is 1.80. The smallest absolute Gasteiger partial charge is 0.410 e. The molecular weight excluding hydrogens is 276 g/mol. The Morgan fingerprint density at radius 1 is 1.23 bits per heavy atom. The lowest BCUT2D eigenvalue weighted by molar-refractivity contribution is 0.0299. The normalized spacial score (nSPS) is 23.2. The Balaban J connectivity index is 2.25. The van der Waals surface area contributed by atoms with Crippen molar-refractivity contribution in [3.8, 4) is 0 Å². The molecule has 0 aromatic rings. The summed E-state index contributed by atoms with van der Waals surface area (Å²) in [5, 5.41) is 3.62. The Morgan fingerprint density at radius 2 is 1.91 bits per heavy atom. The van der Waals surface area contributed by atoms with Crippen LogP contribution in [0.25, 0.3) is 0 Å². The second kappa shape index (κ2) is 8.76. The molecule has 0 aromatic carbocycles. The van der Waals surface area contributed by atoms with Gasteiger partial charge >= 0.3 is 6.09 Å². The average molecular weight is 312 g/mol. The number of ether oxygens (including phenoxy) is 1. The number of carbonyl (C=O) groups excluding carboxylic acids is 1. The van der Waals surface area contributed by atoms with Gasteiger partial charge in [0.05, 0.1) is 0 Å². The molecule has 1 saturated carbocycles. The fourth-order valence-electron chi connectivity index (χ4n) is 3.07. The average Bonchev–Trinajstić information content (AvgIpc) is 2.62. The van der Waals surface area contributed by atoms with Gasteiger partial charge in [0.2, 0.25) is 0 Å². The number of hydrogen-bond donors (Lipinski definition) is 1. The van der Waals surface area contributed by atoms with Crippen molar-refractivity contribution in [3.63, 3.8) is 0 Å². The van der Waals surface area contributed by atoms with E-state index in [1.54, 1.807) is 11.9 Å². The van der Waals surface area contributed by atoms with Gasteiger partial charge in [-0.15, -0.1) is 0 Å². The molecular formula is C18H36N2O2. The molecule has 0 heterocycles. The van der Waals surface area contributed by atoms with E-state index >= 15 is 0 Å². The molecule has 130 valence electrons. The van der Waals surface area contributed by atoms with Crippen LogP contribution in [0.1, 0.15) is 66.7 Å². The van der Waals surface area contributed by atoms with Gasteiger partial charge < -0.3 is 15.0 Å². The molecule has 4 nitrogen and oxygen atoms in total. The van der Waals surface area contributed by atoms with Crippen LogP contribution in [0.3, 0.4) is 0 Å². The summed E-state index contributed by atoms with van der Waals surface area (Å²) in [5.41, 5.74) is -0.425. The van der Waals surface area contributed by atoms with E-state index in [-0.39, 0.29) is 6.09 Å². The largest absolute Gasteiger partial charge is 0.444 e. The Morgan fingerprint density at radius 3 is 2.50 bits per heavy atom. The van der Waals surface area contributed by atoms with Gasteiger partial charge in [-0.25, -0.2) is 4.79 Å². The van der Waals surface area contributed by atoms with Crippen molar-refractivity contribution in [1.82, 2.24) is 10.2 Å². The predicted octanol–water partition coefficient (Wildman–Crippen LogP) is 4.05. The first-order valence-corrected chi connectivity index (χ1v) is 8.86. The molecule has 2 unspecified atom stereocenters. The summed E-state index contributed by atoms with van der Waals surface area (Å²) >= 11 is 0. The van der Waals surface area contributed by atoms with Crippen LogP contribution < -0.4 is 5.32 Å². The summed E-state index contributed by atoms with van der Waals surface area (Å²) in [5.74, 6) is 1.69. The first-order valence-electron chi connectivity index (χ1n) is 8.86. The van der Waals surface area contributed by atoms with Gasteiger partial charge in [0, 0.05) is 26.2 Å². The third kappa shape index (κ3) is 7.48. The van der Waals surface area contributed by atoms with E-state index in [0.717, 1.165) is 18.4 Å². The Hall–Kier alpha value is -0.770. The molecule has 1 aliphatic rings. The van der Waals surface area contributed by atoms with Crippen LogP contribution in [-0.2, 0) is 4.74 Å². The molecule has 0 spiro atoms. The number of rotatable bonds is 5. The monoisotopic (exact) mass is 312 g/mol. The molecule has 1 N–H and O–H groups in total. The van der Waals surface area contributed by atoms with Crippen molar-refractivity contribution in [2.75, 3.05) is 20.1 Å². The van der Waals surface area contributed by atoms with E-state index in [9.17, 15) is 4.79 Å². The lowest BCUT2D eigenvalue weighted by atomic mass is 9.89. The fourth-order valence-corrected chi connectivity index (χ4v) is 3.07. The van der Waals surface area contributed by atoms with Crippen molar-refractivity contribution < 1.29 is 9.53 Å². The quantitative estimate of drug-likeness (QED) is 0.779. The molecule has 22 heavy (non-hydrogen) atoms. The van der Waals surface area contributed by atoms with E-state index in [1.807, 2.05) is 20.8 Å². The molecule has 1 fully saturated rings. The molecule has 4 heteroatoms. The standard InChI is InChI=1S/C18H36N2O2/c1-14(2)15-8-7-9-16(11-10-15)19-12-13-20(6)17(21)22-18(3,4)5/h14-16,19H,7-13H2,1-6H3. The zero-order valence-corrected chi connectivity index (χ0v) is 15.4. The number of nitrogens with zero attached hydrogens (tertiary/aromatic N) is 1. The van der Waals surface area contributed by atoms with E-state index in [1.165, 1.54) is 32.1 Å². The molecule has 0 bridgehead atoms. The zero-order valence-electron chi connectivity index (χ0n) is 15.4. The highest BCUT2D eigenvalue weighted by Crippen LogP contribution is 2.28. The van der Waals surface area contributed by atoms with Crippen LogP contribution in [0.4, 0.5) is 4.79 Å². The third-order valence-electron chi connectivity index (χ3n) is 4.54. The Kier molecular flexibility index (Phi) is 7.67. The molecule has 0 aliphatic heterocycles. The highest BCUT2D eigenvalue weighted by molar-refractivity contribution is 5.67. The van der Waals surface area contributed by atoms with Gasteiger partial charge in [0.15, 0.2) is 0 Å². The van der Waals surface area contributed by atoms with Gasteiger partial charge in [0.1, 0.15) is 5.60 Å². The highest BCUT2D eigenvalue weighted by Gasteiger charge is 2.22. The van der Waals surface area contributed by atoms with E-state index in [4.69, 9.17) is 4.74 Å². The van der Waals surface area contributed by atoms with Crippen LogP contribution in [0.2, 0.25) is 0 Å². The molecule has 2 atom stereocenters. The lowest BCUT2D eigenvalue weighted by Gasteiger charge is -2.25. The summed E-state index contributed by atoms with van der Waals surface area (Å²) in [6, 6.07) is 0.607. The van der Waals surface area contributed by atoms with Gasteiger partial charge in [-0.05, 0) is 51.9 Å². The van der Waals surface area contributed by atoms with Crippen molar-refractivity contribution in [2.24, 2.45) is 11.8 Å². The molecule has 0 aromatic heterocycles. The van der Waals surface area contributed by atoms with Crippen molar-refractivity contribution in [3.05, 3.63) is 0 Å². The maximum Gasteiger partial charge on any atom is 0.410 e. The van der Waals surface area contributed by atoms with Gasteiger partial charge in [-0.1, -0.05) is 26.7 Å². The van der Waals surface area contributed by atoms with Crippen molar-refractivity contribution in [1.29, 1.82) is 0 Å². The molecule has 0 radical (unpaired) electrons. The number of carbonyl (C=O) groups is 1. The van der Waals surface area contributed by atoms with Crippen LogP contribution in [0.5, 0.6) is 0 Å². The third-order valence-corrected chi connectivity index (χ3v) is 4.54. The first kappa shape index (κ1) is 19.3. The molecule has 1 aliphatic carbocycles. The van der Waals surface area contributed by atoms with E-state index < -0.39 is 5.60 Å². The minimum absolute atomic E-state index is 0.241. The highest BCUT2D eigenvalue weighted by atomic mass is 16.6. The maximum absolute atomic E-state index is 11.9. The van der Waals surface area contributed by atoms with Gasteiger partial charge in [-0.2, -0.15) is 0 Å². The number of likely N-dealkylation sites (N-methyl/N-ethyl adjacent to an activating group) is 1. The first-order chi connectivity index (χ1) is 10.2. The van der Waals surface area contributed by atoms with E-state index in [0.29, 0.717) is 12.6 Å². The predicted molar refractivity (Wildman–Crippen MR) is 92.1 cm³/mol. The summed E-state index contributed by atoms with van der Waals surface area (Å²) in [6.45, 7) is 11.9. The topological polar surface area (TPSA) is 41.6 Å². The van der Waals surface area contributed by atoms with Gasteiger partial charge in [-0.3, -0.25) is 0 Å². The molecule has 1 amide bonds. The van der Waals surface area contributed by atoms with Crippen LogP contribution in [0.15, 0.2) is 0 Å². The Labute approximate surface area is 137 Å². The second-order valence-electron chi connectivity index (χ2n) is 8.07. The lowest BCUT2D eigenvalue weighted by Crippen LogP contribution is -2.40. The summed E-state index contributed by atoms with van der Waals surface area (Å²) in [6.07, 6.45) is 6.31. The zero-order chi connectivity index (χ0) is 16.8. The number of nitrogens with one attached hydrogen (secondary N) is 1. The number of hydrogen-bond acceptors (Lipinski definition) is 3. The Bertz CT molecular complexity index is 336. The summed E-state index contributed by atoms with van der Waals surface area (Å²) in [4.78, 5) is 13.5. The van der Waals surface area contributed by atoms with Crippen molar-refractivity contribution >= 4 is 6.09 Å². The minimum atomic E-state index is -0.425. The second-order valence-corrected chi connectivity index (χ2v) is 8.07. The van der Waals surface area contributed by atoms with Crippen LogP contribution in [0, 0.1) is 11.8 Å². The summed E-state index contributed by atoms with van der Waals surface area (Å²) < 4.78 is 5.36. The molecule has 0 saturated heterocycles. The van der Waals surface area contributed by atoms with E-state index in [2.05, 4.69) is 19.2 Å². The number of amides is 1. The van der Waals surface area contributed by atoms with Crippen molar-refractivity contribution in [2.45, 2.75) is 78.4 Å². The molecule has 1 rings (SSSR count). The minimum Gasteiger partial charge on any atom is -0.444 e. The maximum atomic E-state index is 11.9. The van der Waals surface area contributed by atoms with Gasteiger partial charge in [0.25, 0.3) is 0 Å². The van der Waals surface area contributed by atoms with Crippen LogP contribution in [-0.4, -0.2) is 42.8 Å². The fraction of sp³-hybridized carbons (Fsp3) is 0.944.